The number of nitrogens with zero attached hydrogens (tertiary/aromatic N) is 1. The summed E-state index contributed by atoms with van der Waals surface area (Å²) < 4.78 is 0. The Kier molecular flexibility index (Phi) is 11.6. The van der Waals surface area contributed by atoms with Crippen LogP contribution >= 0.6 is 0 Å². The molecule has 2 aliphatic rings. The van der Waals surface area contributed by atoms with E-state index in [1.807, 2.05) is 12.1 Å². The summed E-state index contributed by atoms with van der Waals surface area (Å²) in [7, 11) is 0. The first kappa shape index (κ1) is 22.3. The van der Waals surface area contributed by atoms with E-state index in [4.69, 9.17) is 5.26 Å². The number of allylic oxidation sites excluding steroid dienone is 4. The summed E-state index contributed by atoms with van der Waals surface area (Å²) >= 11 is 0. The number of nitriles is 1. The molecular weight excluding hydrogens is 326 g/mol. The zero-order valence-corrected chi connectivity index (χ0v) is 17.9. The van der Waals surface area contributed by atoms with Crippen LogP contribution in [0.5, 0.6) is 0 Å². The number of hydrogen-bond donors (Lipinski definition) is 0. The Morgan fingerprint density at radius 3 is 1.85 bits per heavy atom. The molecule has 0 radical (unpaired) electrons. The smallest absolute Gasteiger partial charge is 0.0912 e. The van der Waals surface area contributed by atoms with E-state index in [0.29, 0.717) is 0 Å². The summed E-state index contributed by atoms with van der Waals surface area (Å²) in [5.74, 6) is 3.83. The zero-order chi connectivity index (χ0) is 19.2. The van der Waals surface area contributed by atoms with Gasteiger partial charge in [0.2, 0.25) is 0 Å². The molecular formula is C26H43N. The van der Waals surface area contributed by atoms with Crippen molar-refractivity contribution in [2.75, 3.05) is 0 Å². The highest BCUT2D eigenvalue weighted by Crippen LogP contribution is 2.38. The molecule has 0 N–H and O–H groups in total. The molecule has 0 aromatic carbocycles. The molecule has 0 aliphatic heterocycles. The van der Waals surface area contributed by atoms with Gasteiger partial charge >= 0.3 is 0 Å². The van der Waals surface area contributed by atoms with E-state index in [-0.39, 0.29) is 0 Å². The van der Waals surface area contributed by atoms with Crippen LogP contribution in [0.3, 0.4) is 0 Å². The van der Waals surface area contributed by atoms with Gasteiger partial charge in [0.15, 0.2) is 0 Å². The fourth-order valence-corrected chi connectivity index (χ4v) is 5.31. The average Bonchev–Trinajstić information content (AvgIpc) is 2.71. The maximum atomic E-state index is 8.51. The number of hydrogen-bond acceptors (Lipinski definition) is 1. The number of unbranched alkanes of at least 4 members (excludes halogenated alkanes) is 4. The van der Waals surface area contributed by atoms with Crippen LogP contribution in [0.15, 0.2) is 24.3 Å². The van der Waals surface area contributed by atoms with Gasteiger partial charge in [0.05, 0.1) is 6.07 Å². The van der Waals surface area contributed by atoms with Crippen molar-refractivity contribution in [3.63, 3.8) is 0 Å². The average molecular weight is 370 g/mol. The van der Waals surface area contributed by atoms with Gasteiger partial charge in [-0.1, -0.05) is 102 Å². The van der Waals surface area contributed by atoms with Gasteiger partial charge in [-0.05, 0) is 49.4 Å². The van der Waals surface area contributed by atoms with Gasteiger partial charge in [0, 0.05) is 6.08 Å². The third-order valence-corrected chi connectivity index (χ3v) is 7.22. The zero-order valence-electron chi connectivity index (χ0n) is 17.9. The molecule has 0 amide bonds. The van der Waals surface area contributed by atoms with Crippen LogP contribution in [0, 0.1) is 35.0 Å². The van der Waals surface area contributed by atoms with Crippen molar-refractivity contribution in [1.82, 2.24) is 0 Å². The molecule has 2 saturated carbocycles. The fourth-order valence-electron chi connectivity index (χ4n) is 5.31. The normalized spacial score (nSPS) is 29.3. The van der Waals surface area contributed by atoms with Crippen LogP contribution in [0.4, 0.5) is 0 Å². The molecule has 2 fully saturated rings. The van der Waals surface area contributed by atoms with Gasteiger partial charge < -0.3 is 0 Å². The predicted octanol–water partition coefficient (Wildman–Crippen LogP) is 8.38. The maximum absolute atomic E-state index is 8.51. The monoisotopic (exact) mass is 369 g/mol. The van der Waals surface area contributed by atoms with Crippen molar-refractivity contribution in [1.29, 1.82) is 5.26 Å². The van der Waals surface area contributed by atoms with Crippen LogP contribution in [0.25, 0.3) is 0 Å². The third-order valence-electron chi connectivity index (χ3n) is 7.22. The lowest BCUT2D eigenvalue weighted by Gasteiger charge is -2.31. The standard InChI is InChI=1S/C26H43N/c1-2-3-4-5-7-10-23-12-16-25(17-13-23)20-21-26-18-14-24(15-19-26)11-8-6-9-22-27/h6,8-9,11,23-26H,2-5,7,10,12-21H2,1H3/t23-,24?,25-,26?. The molecule has 0 saturated heterocycles. The van der Waals surface area contributed by atoms with Crippen molar-refractivity contribution in [2.24, 2.45) is 23.7 Å². The highest BCUT2D eigenvalue weighted by molar-refractivity contribution is 5.12. The molecule has 1 heteroatoms. The lowest BCUT2D eigenvalue weighted by atomic mass is 9.75. The lowest BCUT2D eigenvalue weighted by Crippen LogP contribution is -2.17. The third kappa shape index (κ3) is 9.64. The SMILES string of the molecule is CCCCCCC[C@H]1CC[C@H](CCC2CCC(C=CC=CC#N)CC2)CC1. The van der Waals surface area contributed by atoms with Crippen LogP contribution in [0.1, 0.15) is 110 Å². The largest absolute Gasteiger partial charge is 0.193 e. The van der Waals surface area contributed by atoms with E-state index in [9.17, 15) is 0 Å². The van der Waals surface area contributed by atoms with Crippen molar-refractivity contribution < 1.29 is 0 Å². The topological polar surface area (TPSA) is 23.8 Å². The lowest BCUT2D eigenvalue weighted by molar-refractivity contribution is 0.219. The molecule has 0 aromatic heterocycles. The van der Waals surface area contributed by atoms with E-state index in [1.165, 1.54) is 103 Å². The molecule has 0 aromatic rings. The second-order valence-electron chi connectivity index (χ2n) is 9.32. The van der Waals surface area contributed by atoms with Crippen molar-refractivity contribution in [2.45, 2.75) is 110 Å². The molecule has 2 rings (SSSR count). The Morgan fingerprint density at radius 1 is 0.704 bits per heavy atom. The van der Waals surface area contributed by atoms with Crippen LogP contribution in [-0.4, -0.2) is 0 Å². The molecule has 0 unspecified atom stereocenters. The summed E-state index contributed by atoms with van der Waals surface area (Å²) in [4.78, 5) is 0. The Bertz CT molecular complexity index is 453. The first-order valence-electron chi connectivity index (χ1n) is 12.0. The Morgan fingerprint density at radius 2 is 1.26 bits per heavy atom. The van der Waals surface area contributed by atoms with E-state index in [1.54, 1.807) is 6.08 Å². The van der Waals surface area contributed by atoms with Gasteiger partial charge in [-0.15, -0.1) is 0 Å². The van der Waals surface area contributed by atoms with Crippen molar-refractivity contribution >= 4 is 0 Å². The second-order valence-corrected chi connectivity index (χ2v) is 9.32. The Balaban J connectivity index is 1.50. The van der Waals surface area contributed by atoms with Crippen LogP contribution < -0.4 is 0 Å². The summed E-state index contributed by atoms with van der Waals surface area (Å²) in [5.41, 5.74) is 0. The van der Waals surface area contributed by atoms with E-state index >= 15 is 0 Å². The van der Waals surface area contributed by atoms with Crippen LogP contribution in [-0.2, 0) is 0 Å². The fraction of sp³-hybridized carbons (Fsp3) is 0.808. The molecule has 0 spiro atoms. The molecule has 27 heavy (non-hydrogen) atoms. The van der Waals surface area contributed by atoms with Gasteiger partial charge in [-0.2, -0.15) is 5.26 Å². The molecule has 0 heterocycles. The first-order chi connectivity index (χ1) is 13.3. The van der Waals surface area contributed by atoms with E-state index in [0.717, 1.165) is 23.7 Å². The molecule has 1 nitrogen and oxygen atoms in total. The quantitative estimate of drug-likeness (QED) is 0.204. The Labute approximate surface area is 169 Å². The minimum atomic E-state index is 0.748. The predicted molar refractivity (Wildman–Crippen MR) is 117 cm³/mol. The van der Waals surface area contributed by atoms with Gasteiger partial charge in [-0.3, -0.25) is 0 Å². The van der Waals surface area contributed by atoms with Crippen molar-refractivity contribution in [3.05, 3.63) is 24.3 Å². The van der Waals surface area contributed by atoms with E-state index < -0.39 is 0 Å². The minimum absolute atomic E-state index is 0.748. The second kappa shape index (κ2) is 14.0. The highest BCUT2D eigenvalue weighted by Gasteiger charge is 2.23. The molecule has 152 valence electrons. The first-order valence-corrected chi connectivity index (χ1v) is 12.0. The van der Waals surface area contributed by atoms with Gasteiger partial charge in [0.1, 0.15) is 0 Å². The van der Waals surface area contributed by atoms with Crippen molar-refractivity contribution in [3.8, 4) is 6.07 Å². The van der Waals surface area contributed by atoms with Gasteiger partial charge in [0.25, 0.3) is 0 Å². The minimum Gasteiger partial charge on any atom is -0.193 e. The Hall–Kier alpha value is -1.03. The maximum Gasteiger partial charge on any atom is 0.0912 e. The van der Waals surface area contributed by atoms with E-state index in [2.05, 4.69) is 19.1 Å². The molecule has 2 aliphatic carbocycles. The summed E-state index contributed by atoms with van der Waals surface area (Å²) in [6.07, 6.45) is 31.1. The molecule has 0 bridgehead atoms. The summed E-state index contributed by atoms with van der Waals surface area (Å²) in [5, 5.41) is 8.51. The molecule has 0 atom stereocenters. The van der Waals surface area contributed by atoms with Crippen LogP contribution in [0.2, 0.25) is 0 Å². The van der Waals surface area contributed by atoms with Gasteiger partial charge in [-0.25, -0.2) is 0 Å². The number of rotatable bonds is 11. The summed E-state index contributed by atoms with van der Waals surface area (Å²) in [6.45, 7) is 2.31. The summed E-state index contributed by atoms with van der Waals surface area (Å²) in [6, 6.07) is 2.05. The highest BCUT2D eigenvalue weighted by atomic mass is 14.3.